The maximum absolute atomic E-state index is 6.12. The molecular weight excluding hydrogens is 349 g/mol. The maximum atomic E-state index is 6.12. The highest BCUT2D eigenvalue weighted by Gasteiger charge is 2.08. The second-order valence-corrected chi connectivity index (χ2v) is 5.38. The van der Waals surface area contributed by atoms with E-state index in [2.05, 4.69) is 20.9 Å². The summed E-state index contributed by atoms with van der Waals surface area (Å²) >= 11 is 15.5. The van der Waals surface area contributed by atoms with Crippen LogP contribution in [0.2, 0.25) is 10.0 Å². The van der Waals surface area contributed by atoms with Crippen LogP contribution in [0.1, 0.15) is 17.0 Å². The Morgan fingerprint density at radius 2 is 2.00 bits per heavy atom. The number of rotatable bonds is 4. The summed E-state index contributed by atoms with van der Waals surface area (Å²) in [5.74, 6) is 0.749. The molecule has 0 aliphatic heterocycles. The molecule has 0 fully saturated rings. The van der Waals surface area contributed by atoms with Crippen LogP contribution in [0.5, 0.6) is 5.75 Å². The minimum absolute atomic E-state index is 0.365. The Bertz CT molecular complexity index is 590. The van der Waals surface area contributed by atoms with Crippen LogP contribution in [0.25, 0.3) is 0 Å². The Hall–Kier alpha value is -0.770. The Labute approximate surface area is 130 Å². The zero-order valence-corrected chi connectivity index (χ0v) is 13.4. The largest absolute Gasteiger partial charge is 0.487 e. The molecular formula is C14H12BrCl2NO. The summed E-state index contributed by atoms with van der Waals surface area (Å²) in [5, 5.41) is 1.71. The van der Waals surface area contributed by atoms with Crippen molar-refractivity contribution >= 4 is 39.1 Å². The Kier molecular flexibility index (Phi) is 5.08. The smallest absolute Gasteiger partial charge is 0.142 e. The predicted octanol–water partition coefficient (Wildman–Crippen LogP) is 5.17. The molecule has 0 radical (unpaired) electrons. The molecule has 0 saturated heterocycles. The van der Waals surface area contributed by atoms with Crippen LogP contribution in [0, 0.1) is 6.92 Å². The van der Waals surface area contributed by atoms with E-state index in [9.17, 15) is 0 Å². The fourth-order valence-corrected chi connectivity index (χ4v) is 2.42. The fourth-order valence-electron chi connectivity index (χ4n) is 1.64. The lowest BCUT2D eigenvalue weighted by molar-refractivity contribution is 0.302. The SMILES string of the molecule is Cc1ccc(OCc2cccc(Cl)c2Cl)c(CBr)n1. The first-order valence-electron chi connectivity index (χ1n) is 5.70. The van der Waals surface area contributed by atoms with Crippen LogP contribution in [-0.2, 0) is 11.9 Å². The lowest BCUT2D eigenvalue weighted by Crippen LogP contribution is -2.01. The molecule has 5 heteroatoms. The molecule has 2 nitrogen and oxygen atoms in total. The van der Waals surface area contributed by atoms with Gasteiger partial charge in [0.15, 0.2) is 0 Å². The first-order chi connectivity index (χ1) is 9.11. The zero-order chi connectivity index (χ0) is 13.8. The first kappa shape index (κ1) is 14.6. The van der Waals surface area contributed by atoms with E-state index in [1.807, 2.05) is 31.2 Å². The van der Waals surface area contributed by atoms with E-state index >= 15 is 0 Å². The molecule has 0 N–H and O–H groups in total. The number of aryl methyl sites for hydroxylation is 1. The summed E-state index contributed by atoms with van der Waals surface area (Å²) < 4.78 is 5.77. The number of pyridine rings is 1. The molecule has 0 unspecified atom stereocenters. The normalized spacial score (nSPS) is 10.5. The van der Waals surface area contributed by atoms with Crippen molar-refractivity contribution in [3.8, 4) is 5.75 Å². The average Bonchev–Trinajstić information content (AvgIpc) is 2.41. The highest BCUT2D eigenvalue weighted by atomic mass is 79.9. The summed E-state index contributed by atoms with van der Waals surface area (Å²) in [4.78, 5) is 4.41. The zero-order valence-electron chi connectivity index (χ0n) is 10.3. The van der Waals surface area contributed by atoms with Crippen LogP contribution in [-0.4, -0.2) is 4.98 Å². The van der Waals surface area contributed by atoms with Crippen molar-refractivity contribution in [2.75, 3.05) is 0 Å². The van der Waals surface area contributed by atoms with Gasteiger partial charge in [-0.3, -0.25) is 4.98 Å². The number of benzene rings is 1. The Morgan fingerprint density at radius 3 is 2.74 bits per heavy atom. The van der Waals surface area contributed by atoms with E-state index in [4.69, 9.17) is 27.9 Å². The standard InChI is InChI=1S/C14H12BrCl2NO/c1-9-5-6-13(12(7-15)18-9)19-8-10-3-2-4-11(16)14(10)17/h2-6H,7-8H2,1H3. The molecule has 0 aliphatic carbocycles. The van der Waals surface area contributed by atoms with Gasteiger partial charge in [0.05, 0.1) is 15.7 Å². The third-order valence-corrected chi connectivity index (χ3v) is 4.00. The second kappa shape index (κ2) is 6.60. The monoisotopic (exact) mass is 359 g/mol. The maximum Gasteiger partial charge on any atom is 0.142 e. The molecule has 1 heterocycles. The summed E-state index contributed by atoms with van der Waals surface area (Å²) in [5.41, 5.74) is 2.69. The number of halogens is 3. The van der Waals surface area contributed by atoms with Crippen molar-refractivity contribution in [2.24, 2.45) is 0 Å². The average molecular weight is 361 g/mol. The van der Waals surface area contributed by atoms with E-state index in [-0.39, 0.29) is 0 Å². The van der Waals surface area contributed by atoms with Gasteiger partial charge in [-0.25, -0.2) is 0 Å². The molecule has 0 saturated carbocycles. The summed E-state index contributed by atoms with van der Waals surface area (Å²) in [7, 11) is 0. The number of aromatic nitrogens is 1. The van der Waals surface area contributed by atoms with Crippen LogP contribution >= 0.6 is 39.1 Å². The van der Waals surface area contributed by atoms with Gasteiger partial charge in [0.1, 0.15) is 12.4 Å². The van der Waals surface area contributed by atoms with Gasteiger partial charge in [-0.15, -0.1) is 0 Å². The van der Waals surface area contributed by atoms with Gasteiger partial charge in [0.2, 0.25) is 0 Å². The van der Waals surface area contributed by atoms with Gasteiger partial charge >= 0.3 is 0 Å². The molecule has 2 aromatic rings. The highest BCUT2D eigenvalue weighted by molar-refractivity contribution is 9.08. The summed E-state index contributed by atoms with van der Waals surface area (Å²) in [6.45, 7) is 2.31. The van der Waals surface area contributed by atoms with E-state index in [1.54, 1.807) is 6.07 Å². The topological polar surface area (TPSA) is 22.1 Å². The Balaban J connectivity index is 2.17. The van der Waals surface area contributed by atoms with Crippen molar-refractivity contribution < 1.29 is 4.74 Å². The van der Waals surface area contributed by atoms with Gasteiger partial charge in [-0.2, -0.15) is 0 Å². The van der Waals surface area contributed by atoms with Gasteiger partial charge in [-0.05, 0) is 25.1 Å². The lowest BCUT2D eigenvalue weighted by atomic mass is 10.2. The number of ether oxygens (including phenoxy) is 1. The molecule has 0 spiro atoms. The third kappa shape index (κ3) is 3.62. The fraction of sp³-hybridized carbons (Fsp3) is 0.214. The lowest BCUT2D eigenvalue weighted by Gasteiger charge is -2.11. The van der Waals surface area contributed by atoms with Crippen LogP contribution in [0.15, 0.2) is 30.3 Å². The molecule has 1 aromatic carbocycles. The summed E-state index contributed by atoms with van der Waals surface area (Å²) in [6, 6.07) is 9.33. The molecule has 19 heavy (non-hydrogen) atoms. The number of hydrogen-bond acceptors (Lipinski definition) is 2. The van der Waals surface area contributed by atoms with Crippen molar-refractivity contribution in [1.29, 1.82) is 0 Å². The first-order valence-corrected chi connectivity index (χ1v) is 7.57. The second-order valence-electron chi connectivity index (χ2n) is 4.03. The molecule has 0 aliphatic rings. The van der Waals surface area contributed by atoms with Gasteiger partial charge in [0, 0.05) is 16.6 Å². The van der Waals surface area contributed by atoms with E-state index in [0.29, 0.717) is 22.0 Å². The van der Waals surface area contributed by atoms with Crippen molar-refractivity contribution in [2.45, 2.75) is 18.9 Å². The third-order valence-electron chi connectivity index (χ3n) is 2.61. The molecule has 0 amide bonds. The minimum atomic E-state index is 0.365. The van der Waals surface area contributed by atoms with Crippen LogP contribution in [0.4, 0.5) is 0 Å². The molecule has 100 valence electrons. The van der Waals surface area contributed by atoms with Gasteiger partial charge in [-0.1, -0.05) is 51.3 Å². The molecule has 0 bridgehead atoms. The van der Waals surface area contributed by atoms with Gasteiger partial charge < -0.3 is 4.74 Å². The Morgan fingerprint density at radius 1 is 1.21 bits per heavy atom. The van der Waals surface area contributed by atoms with Crippen molar-refractivity contribution in [1.82, 2.24) is 4.98 Å². The number of nitrogens with zero attached hydrogens (tertiary/aromatic N) is 1. The predicted molar refractivity (Wildman–Crippen MR) is 82.4 cm³/mol. The quantitative estimate of drug-likeness (QED) is 0.701. The summed E-state index contributed by atoms with van der Waals surface area (Å²) in [6.07, 6.45) is 0. The molecule has 0 atom stereocenters. The molecule has 2 rings (SSSR count). The molecule has 1 aromatic heterocycles. The van der Waals surface area contributed by atoms with Crippen LogP contribution in [0.3, 0.4) is 0 Å². The van der Waals surface area contributed by atoms with Crippen molar-refractivity contribution in [3.05, 3.63) is 57.3 Å². The number of hydrogen-bond donors (Lipinski definition) is 0. The number of alkyl halides is 1. The van der Waals surface area contributed by atoms with E-state index in [1.165, 1.54) is 0 Å². The highest BCUT2D eigenvalue weighted by Crippen LogP contribution is 2.27. The van der Waals surface area contributed by atoms with Gasteiger partial charge in [0.25, 0.3) is 0 Å². The minimum Gasteiger partial charge on any atom is -0.487 e. The van der Waals surface area contributed by atoms with E-state index in [0.717, 1.165) is 22.7 Å². The van der Waals surface area contributed by atoms with E-state index < -0.39 is 0 Å². The van der Waals surface area contributed by atoms with Crippen LogP contribution < -0.4 is 4.74 Å². The van der Waals surface area contributed by atoms with Crippen molar-refractivity contribution in [3.63, 3.8) is 0 Å².